The highest BCUT2D eigenvalue weighted by Crippen LogP contribution is 2.45. The summed E-state index contributed by atoms with van der Waals surface area (Å²) in [4.78, 5) is 0. The van der Waals surface area contributed by atoms with Gasteiger partial charge in [0.05, 0.1) is 24.7 Å². The molecule has 0 unspecified atom stereocenters. The topological polar surface area (TPSA) is 13.1 Å². The molecule has 8 aromatic carbocycles. The molecule has 9 aromatic rings. The Bertz CT molecular complexity index is 3490. The summed E-state index contributed by atoms with van der Waals surface area (Å²) < 4.78 is 166. The van der Waals surface area contributed by atoms with Crippen molar-refractivity contribution in [3.63, 3.8) is 0 Å². The second-order valence-corrected chi connectivity index (χ2v) is 9.89. The zero-order chi connectivity index (χ0) is 44.0. The first-order chi connectivity index (χ1) is 28.8. The van der Waals surface area contributed by atoms with E-state index in [0.717, 1.165) is 6.07 Å². The van der Waals surface area contributed by atoms with Gasteiger partial charge in [0.15, 0.2) is 0 Å². The van der Waals surface area contributed by atoms with Gasteiger partial charge in [-0.15, -0.1) is 0 Å². The Morgan fingerprint density at radius 3 is 1.95 bits per heavy atom. The highest BCUT2D eigenvalue weighted by molar-refractivity contribution is 6.22. The summed E-state index contributed by atoms with van der Waals surface area (Å²) in [7, 11) is 0. The molecule has 43 heavy (non-hydrogen) atoms. The van der Waals surface area contributed by atoms with Crippen LogP contribution in [0.3, 0.4) is 0 Å². The highest BCUT2D eigenvalue weighted by atomic mass is 16.3. The molecule has 0 atom stereocenters. The van der Waals surface area contributed by atoms with E-state index in [9.17, 15) is 6.85 Å². The maximum atomic E-state index is 9.98. The van der Waals surface area contributed by atoms with Crippen LogP contribution in [0.5, 0.6) is 0 Å². The average Bonchev–Trinajstić information content (AvgIpc) is 3.62. The average molecular weight is 565 g/mol. The van der Waals surface area contributed by atoms with Crippen molar-refractivity contribution in [2.75, 3.05) is 0 Å². The van der Waals surface area contributed by atoms with Crippen molar-refractivity contribution in [2.45, 2.75) is 0 Å². The predicted octanol–water partition coefficient (Wildman–Crippen LogP) is 12.0. The van der Waals surface area contributed by atoms with Crippen LogP contribution in [0.15, 0.2) is 162 Å². The molecule has 0 fully saturated rings. The first-order valence-electron chi connectivity index (χ1n) is 22.3. The molecule has 9 rings (SSSR count). The maximum absolute atomic E-state index is 9.98. The van der Waals surface area contributed by atoms with E-state index in [1.165, 1.54) is 0 Å². The molecule has 0 saturated heterocycles. The van der Waals surface area contributed by atoms with E-state index in [2.05, 4.69) is 0 Å². The van der Waals surface area contributed by atoms with Crippen molar-refractivity contribution in [2.24, 2.45) is 0 Å². The smallest absolute Gasteiger partial charge is 0.135 e. The third kappa shape index (κ3) is 3.79. The van der Waals surface area contributed by atoms with Crippen LogP contribution in [0, 0.1) is 0 Å². The van der Waals surface area contributed by atoms with Crippen molar-refractivity contribution in [3.8, 4) is 33.4 Å². The maximum Gasteiger partial charge on any atom is 0.135 e. The van der Waals surface area contributed by atoms with Gasteiger partial charge in [-0.1, -0.05) is 127 Å². The fourth-order valence-corrected chi connectivity index (χ4v) is 5.62. The molecular formula is C42H26O. The van der Waals surface area contributed by atoms with Crippen LogP contribution in [0.4, 0.5) is 0 Å². The zero-order valence-electron chi connectivity index (χ0n) is 40.0. The summed E-state index contributed by atoms with van der Waals surface area (Å²) in [6.07, 6.45) is 0. The van der Waals surface area contributed by atoms with Crippen LogP contribution in [0.2, 0.25) is 0 Å². The third-order valence-electron chi connectivity index (χ3n) is 7.49. The van der Waals surface area contributed by atoms with E-state index in [-0.39, 0.29) is 43.8 Å². The van der Waals surface area contributed by atoms with Gasteiger partial charge in [-0.05, 0) is 96.0 Å². The minimum Gasteiger partial charge on any atom is -0.456 e. The van der Waals surface area contributed by atoms with Crippen molar-refractivity contribution >= 4 is 54.3 Å². The van der Waals surface area contributed by atoms with E-state index < -0.39 is 131 Å². The van der Waals surface area contributed by atoms with Crippen molar-refractivity contribution in [1.82, 2.24) is 0 Å². The van der Waals surface area contributed by atoms with Crippen LogP contribution in [0.1, 0.15) is 24.7 Å². The SMILES string of the molecule is [2H]c1c([2H])c([2H])c(-c2c3c([2H])cc(-c4c([2H])c([2H])c5c([2H])c([2H])c([2H])c([2H])c5c4[2H])c([2H])c3c(-c3ccc4oc5ccccc5c4c3)c3c([2H])c([2H])c([2H])c([2H])c23)c([2H])c1[2H]. The lowest BCUT2D eigenvalue weighted by Crippen LogP contribution is -1.91. The van der Waals surface area contributed by atoms with Crippen molar-refractivity contribution in [3.05, 3.63) is 157 Å². The Balaban J connectivity index is 1.59. The van der Waals surface area contributed by atoms with Crippen molar-refractivity contribution in [1.29, 1.82) is 0 Å². The van der Waals surface area contributed by atoms with Gasteiger partial charge in [0.2, 0.25) is 0 Å². The van der Waals surface area contributed by atoms with Crippen LogP contribution < -0.4 is 0 Å². The molecular weight excluding hydrogens is 520 g/mol. The van der Waals surface area contributed by atoms with E-state index in [0.29, 0.717) is 21.9 Å². The summed E-state index contributed by atoms with van der Waals surface area (Å²) in [5.41, 5.74) is -0.425. The van der Waals surface area contributed by atoms with Crippen LogP contribution in [-0.4, -0.2) is 0 Å². The number of para-hydroxylation sites is 1. The summed E-state index contributed by atoms with van der Waals surface area (Å²) >= 11 is 0. The van der Waals surface area contributed by atoms with Gasteiger partial charge in [0.1, 0.15) is 11.2 Å². The van der Waals surface area contributed by atoms with Crippen LogP contribution in [-0.2, 0) is 0 Å². The molecule has 0 spiro atoms. The van der Waals surface area contributed by atoms with Gasteiger partial charge in [0.25, 0.3) is 0 Å². The Morgan fingerprint density at radius 2 is 1.09 bits per heavy atom. The van der Waals surface area contributed by atoms with Crippen molar-refractivity contribution < 1.29 is 29.1 Å². The molecule has 0 N–H and O–H groups in total. The number of furan rings is 1. The first-order valence-corrected chi connectivity index (χ1v) is 13.3. The Hall–Kier alpha value is -5.66. The van der Waals surface area contributed by atoms with E-state index in [1.54, 1.807) is 36.4 Å². The van der Waals surface area contributed by atoms with E-state index in [4.69, 9.17) is 22.2 Å². The minimum absolute atomic E-state index is 0.0347. The van der Waals surface area contributed by atoms with E-state index >= 15 is 0 Å². The molecule has 0 aliphatic heterocycles. The van der Waals surface area contributed by atoms with Gasteiger partial charge in [-0.25, -0.2) is 0 Å². The second-order valence-electron chi connectivity index (χ2n) is 9.89. The molecule has 200 valence electrons. The summed E-state index contributed by atoms with van der Waals surface area (Å²) in [5.74, 6) is 0. The fourth-order valence-electron chi connectivity index (χ4n) is 5.62. The monoisotopic (exact) mass is 564 g/mol. The minimum atomic E-state index is -0.768. The molecule has 1 heteroatoms. The number of fused-ring (bicyclic) bond motifs is 6. The third-order valence-corrected chi connectivity index (χ3v) is 7.49. The number of benzene rings is 8. The number of rotatable bonds is 3. The lowest BCUT2D eigenvalue weighted by atomic mass is 9.84. The van der Waals surface area contributed by atoms with Gasteiger partial charge >= 0.3 is 0 Å². The first kappa shape index (κ1) is 12.3. The lowest BCUT2D eigenvalue weighted by molar-refractivity contribution is 0.669. The Kier molecular flexibility index (Phi) is 2.70. The second kappa shape index (κ2) is 9.44. The van der Waals surface area contributed by atoms with E-state index in [1.807, 2.05) is 6.07 Å². The fraction of sp³-hybridized carbons (Fsp3) is 0. The van der Waals surface area contributed by atoms with Gasteiger partial charge in [-0.3, -0.25) is 0 Å². The summed E-state index contributed by atoms with van der Waals surface area (Å²) in [6, 6.07) is 0.846. The largest absolute Gasteiger partial charge is 0.456 e. The lowest BCUT2D eigenvalue weighted by Gasteiger charge is -2.19. The van der Waals surface area contributed by atoms with Crippen LogP contribution >= 0.6 is 0 Å². The molecule has 0 aliphatic rings. The van der Waals surface area contributed by atoms with Gasteiger partial charge in [0, 0.05) is 10.8 Å². The molecule has 0 amide bonds. The standard InChI is InChI=1S/C42H26O/c1-2-11-28(12-3-1)41-34-15-6-7-16-35(34)42(32-21-23-40-37(26-32)33-14-8-9-17-39(33)43-40)38-25-31(20-22-36(38)41)30-19-18-27-10-4-5-13-29(27)24-30/h1-26H/i1D,2D,3D,4D,5D,6D,7D,10D,11D,12D,13D,15D,16D,18D,19D,22D,24D,25D. The van der Waals surface area contributed by atoms with Gasteiger partial charge < -0.3 is 4.42 Å². The van der Waals surface area contributed by atoms with Crippen LogP contribution in [0.25, 0.3) is 87.6 Å². The molecule has 0 saturated carbocycles. The number of hydrogen-bond acceptors (Lipinski definition) is 1. The number of hydrogen-bond donors (Lipinski definition) is 0. The molecule has 0 radical (unpaired) electrons. The normalized spacial score (nSPS) is 17.6. The highest BCUT2D eigenvalue weighted by Gasteiger charge is 2.18. The quantitative estimate of drug-likeness (QED) is 0.195. The predicted molar refractivity (Wildman–Crippen MR) is 183 cm³/mol. The van der Waals surface area contributed by atoms with Gasteiger partial charge in [-0.2, -0.15) is 0 Å². The zero-order valence-corrected chi connectivity index (χ0v) is 22.0. The Labute approximate surface area is 274 Å². The molecule has 1 aromatic heterocycles. The molecule has 1 nitrogen and oxygen atoms in total. The molecule has 0 aliphatic carbocycles. The Morgan fingerprint density at radius 1 is 0.395 bits per heavy atom. The summed E-state index contributed by atoms with van der Waals surface area (Å²) in [6.45, 7) is 0. The molecule has 1 heterocycles. The molecule has 0 bridgehead atoms. The summed E-state index contributed by atoms with van der Waals surface area (Å²) in [5, 5.41) is -0.569.